The molecule has 36 heavy (non-hydrogen) atoms. The van der Waals surface area contributed by atoms with Gasteiger partial charge in [0.2, 0.25) is 0 Å². The highest BCUT2D eigenvalue weighted by atomic mass is 16.1. The second-order valence-corrected chi connectivity index (χ2v) is 8.27. The Hall–Kier alpha value is -4.96. The van der Waals surface area contributed by atoms with Crippen LogP contribution in [0, 0.1) is 0 Å². The standard InChI is InChI=1S/C32H24N2O2/c35-22-25-16-17-26(23-36)32(33-27-10-4-1-5-11-27)31(25)24-18-20-30(21-19-24)34(28-12-6-2-7-13-28)29-14-8-3-9-15-29/h1-23,33H. The zero-order chi connectivity index (χ0) is 24.7. The molecule has 4 heteroatoms. The molecule has 174 valence electrons. The molecule has 5 aromatic carbocycles. The molecule has 0 aliphatic carbocycles. The van der Waals surface area contributed by atoms with Crippen LogP contribution in [0.2, 0.25) is 0 Å². The summed E-state index contributed by atoms with van der Waals surface area (Å²) in [6, 6.07) is 41.4. The Labute approximate surface area is 210 Å². The van der Waals surface area contributed by atoms with E-state index in [4.69, 9.17) is 0 Å². The van der Waals surface area contributed by atoms with Crippen LogP contribution in [0.15, 0.2) is 127 Å². The third kappa shape index (κ3) is 4.65. The van der Waals surface area contributed by atoms with Gasteiger partial charge in [-0.3, -0.25) is 9.59 Å². The van der Waals surface area contributed by atoms with E-state index >= 15 is 0 Å². The van der Waals surface area contributed by atoms with Gasteiger partial charge >= 0.3 is 0 Å². The largest absolute Gasteiger partial charge is 0.354 e. The van der Waals surface area contributed by atoms with Crippen molar-refractivity contribution in [2.45, 2.75) is 0 Å². The second-order valence-electron chi connectivity index (χ2n) is 8.27. The van der Waals surface area contributed by atoms with Crippen molar-refractivity contribution < 1.29 is 9.59 Å². The first-order valence-electron chi connectivity index (χ1n) is 11.7. The molecular weight excluding hydrogens is 444 g/mol. The van der Waals surface area contributed by atoms with Crippen molar-refractivity contribution in [1.29, 1.82) is 0 Å². The first kappa shape index (κ1) is 22.8. The van der Waals surface area contributed by atoms with Gasteiger partial charge in [-0.15, -0.1) is 0 Å². The van der Waals surface area contributed by atoms with Crippen LogP contribution < -0.4 is 10.2 Å². The van der Waals surface area contributed by atoms with Gasteiger partial charge in [-0.05, 0) is 60.2 Å². The quantitative estimate of drug-likeness (QED) is 0.233. The number of rotatable bonds is 8. The SMILES string of the molecule is O=Cc1ccc(C=O)c(-c2ccc(N(c3ccccc3)c3ccccc3)cc2)c1Nc1ccccc1. The van der Waals surface area contributed by atoms with E-state index < -0.39 is 0 Å². The average Bonchev–Trinajstić information content (AvgIpc) is 2.95. The predicted molar refractivity (Wildman–Crippen MR) is 147 cm³/mol. The maximum Gasteiger partial charge on any atom is 0.152 e. The Morgan fingerprint density at radius 2 is 0.972 bits per heavy atom. The smallest absolute Gasteiger partial charge is 0.152 e. The fourth-order valence-corrected chi connectivity index (χ4v) is 4.32. The fraction of sp³-hybridized carbons (Fsp3) is 0. The number of para-hydroxylation sites is 3. The summed E-state index contributed by atoms with van der Waals surface area (Å²) in [5, 5.41) is 3.35. The second kappa shape index (κ2) is 10.5. The minimum atomic E-state index is 0.485. The van der Waals surface area contributed by atoms with E-state index in [-0.39, 0.29) is 0 Å². The zero-order valence-corrected chi connectivity index (χ0v) is 19.5. The van der Waals surface area contributed by atoms with Crippen LogP contribution in [-0.4, -0.2) is 12.6 Å². The number of nitrogens with one attached hydrogen (secondary N) is 1. The topological polar surface area (TPSA) is 49.4 Å². The third-order valence-corrected chi connectivity index (χ3v) is 6.01. The molecule has 0 unspecified atom stereocenters. The molecule has 0 aliphatic rings. The van der Waals surface area contributed by atoms with Gasteiger partial charge in [0.05, 0.1) is 5.69 Å². The van der Waals surface area contributed by atoms with Gasteiger partial charge in [-0.2, -0.15) is 0 Å². The Kier molecular flexibility index (Phi) is 6.68. The van der Waals surface area contributed by atoms with Gasteiger partial charge in [0.1, 0.15) is 0 Å². The Morgan fingerprint density at radius 3 is 1.50 bits per heavy atom. The third-order valence-electron chi connectivity index (χ3n) is 6.01. The molecule has 0 heterocycles. The van der Waals surface area contributed by atoms with Crippen LogP contribution in [-0.2, 0) is 0 Å². The van der Waals surface area contributed by atoms with Gasteiger partial charge in [0.25, 0.3) is 0 Å². The van der Waals surface area contributed by atoms with Gasteiger partial charge in [-0.25, -0.2) is 0 Å². The molecule has 0 saturated heterocycles. The number of nitrogens with zero attached hydrogens (tertiary/aromatic N) is 1. The van der Waals surface area contributed by atoms with Crippen LogP contribution in [0.4, 0.5) is 28.4 Å². The summed E-state index contributed by atoms with van der Waals surface area (Å²) >= 11 is 0. The van der Waals surface area contributed by atoms with Crippen molar-refractivity contribution in [3.63, 3.8) is 0 Å². The van der Waals surface area contributed by atoms with E-state index in [1.165, 1.54) is 0 Å². The van der Waals surface area contributed by atoms with Crippen molar-refractivity contribution in [1.82, 2.24) is 0 Å². The van der Waals surface area contributed by atoms with Crippen molar-refractivity contribution in [3.8, 4) is 11.1 Å². The molecule has 4 nitrogen and oxygen atoms in total. The fourth-order valence-electron chi connectivity index (χ4n) is 4.32. The van der Waals surface area contributed by atoms with Crippen LogP contribution in [0.5, 0.6) is 0 Å². The molecule has 5 aromatic rings. The van der Waals surface area contributed by atoms with E-state index in [1.807, 2.05) is 91.0 Å². The Balaban J connectivity index is 1.61. The maximum absolute atomic E-state index is 12.0. The molecule has 0 aliphatic heterocycles. The lowest BCUT2D eigenvalue weighted by Gasteiger charge is -2.25. The number of carbonyl (C=O) groups excluding carboxylic acids is 2. The summed E-state index contributed by atoms with van der Waals surface area (Å²) in [6.07, 6.45) is 1.64. The minimum absolute atomic E-state index is 0.485. The monoisotopic (exact) mass is 468 g/mol. The lowest BCUT2D eigenvalue weighted by molar-refractivity contribution is 0.111. The molecular formula is C32H24N2O2. The molecule has 0 saturated carbocycles. The highest BCUT2D eigenvalue weighted by molar-refractivity contribution is 6.01. The van der Waals surface area contributed by atoms with Gasteiger partial charge in [0, 0.05) is 39.4 Å². The molecule has 0 spiro atoms. The summed E-state index contributed by atoms with van der Waals surface area (Å²) in [6.45, 7) is 0. The molecule has 0 aromatic heterocycles. The van der Waals surface area contributed by atoms with Crippen LogP contribution in [0.25, 0.3) is 11.1 Å². The Morgan fingerprint density at radius 1 is 0.500 bits per heavy atom. The molecule has 0 radical (unpaired) electrons. The minimum Gasteiger partial charge on any atom is -0.354 e. The summed E-state index contributed by atoms with van der Waals surface area (Å²) in [7, 11) is 0. The normalized spacial score (nSPS) is 10.4. The van der Waals surface area contributed by atoms with Gasteiger partial charge in [0.15, 0.2) is 12.6 Å². The van der Waals surface area contributed by atoms with Crippen LogP contribution >= 0.6 is 0 Å². The lowest BCUT2D eigenvalue weighted by Crippen LogP contribution is -2.09. The van der Waals surface area contributed by atoms with E-state index in [1.54, 1.807) is 12.1 Å². The lowest BCUT2D eigenvalue weighted by atomic mass is 9.94. The van der Waals surface area contributed by atoms with Crippen molar-refractivity contribution >= 4 is 41.0 Å². The summed E-state index contributed by atoms with van der Waals surface area (Å²) in [5.41, 5.74) is 7.03. The van der Waals surface area contributed by atoms with E-state index in [9.17, 15) is 9.59 Å². The highest BCUT2D eigenvalue weighted by Crippen LogP contribution is 2.39. The van der Waals surface area contributed by atoms with Crippen molar-refractivity contribution in [2.24, 2.45) is 0 Å². The number of benzene rings is 5. The average molecular weight is 469 g/mol. The van der Waals surface area contributed by atoms with E-state index in [0.717, 1.165) is 40.9 Å². The maximum atomic E-state index is 12.0. The Bertz CT molecular complexity index is 1430. The molecule has 0 amide bonds. The zero-order valence-electron chi connectivity index (χ0n) is 19.5. The number of aldehydes is 2. The van der Waals surface area contributed by atoms with Crippen LogP contribution in [0.3, 0.4) is 0 Å². The predicted octanol–water partition coefficient (Wildman–Crippen LogP) is 8.19. The van der Waals surface area contributed by atoms with Gasteiger partial charge < -0.3 is 10.2 Å². The van der Waals surface area contributed by atoms with Gasteiger partial charge in [-0.1, -0.05) is 72.8 Å². The number of hydrogen-bond acceptors (Lipinski definition) is 4. The number of anilines is 5. The number of hydrogen-bond donors (Lipinski definition) is 1. The summed E-state index contributed by atoms with van der Waals surface area (Å²) in [5.74, 6) is 0. The highest BCUT2D eigenvalue weighted by Gasteiger charge is 2.17. The van der Waals surface area contributed by atoms with Crippen LogP contribution in [0.1, 0.15) is 20.7 Å². The molecule has 5 rings (SSSR count). The first-order valence-corrected chi connectivity index (χ1v) is 11.7. The summed E-state index contributed by atoms with van der Waals surface area (Å²) in [4.78, 5) is 26.1. The van der Waals surface area contributed by atoms with E-state index in [2.05, 4.69) is 34.5 Å². The molecule has 0 atom stereocenters. The van der Waals surface area contributed by atoms with Crippen molar-refractivity contribution in [2.75, 3.05) is 10.2 Å². The summed E-state index contributed by atoms with van der Waals surface area (Å²) < 4.78 is 0. The molecule has 1 N–H and O–H groups in total. The van der Waals surface area contributed by atoms with E-state index in [0.29, 0.717) is 22.4 Å². The first-order chi connectivity index (χ1) is 17.8. The molecule has 0 bridgehead atoms. The number of carbonyl (C=O) groups is 2. The van der Waals surface area contributed by atoms with Crippen molar-refractivity contribution in [3.05, 3.63) is 139 Å². The molecule has 0 fully saturated rings.